The van der Waals surface area contributed by atoms with Crippen LogP contribution in [0.4, 0.5) is 0 Å². The maximum atomic E-state index is 14.5. The van der Waals surface area contributed by atoms with E-state index in [4.69, 9.17) is 0 Å². The fraction of sp³-hybridized carbons (Fsp3) is 0.774. The van der Waals surface area contributed by atoms with Crippen molar-refractivity contribution in [2.45, 2.75) is 127 Å². The highest BCUT2D eigenvalue weighted by Gasteiger charge is 2.66. The van der Waals surface area contributed by atoms with E-state index in [1.54, 1.807) is 0 Å². The zero-order valence-electron chi connectivity index (χ0n) is 23.3. The Morgan fingerprint density at radius 3 is 2.11 bits per heavy atom. The van der Waals surface area contributed by atoms with Crippen LogP contribution in [-0.4, -0.2) is 46.0 Å². The number of nitrogens with zero attached hydrogens (tertiary/aromatic N) is 1. The lowest BCUT2D eigenvalue weighted by molar-refractivity contribution is -0.112. The largest absolute Gasteiger partial charge is 0.388 e. The first-order chi connectivity index (χ1) is 18.1. The molecule has 1 aromatic carbocycles. The summed E-state index contributed by atoms with van der Waals surface area (Å²) in [6.07, 6.45) is 12.9. The average molecular weight is 562 g/mol. The molecule has 2 bridgehead atoms. The van der Waals surface area contributed by atoms with Crippen LogP contribution in [0, 0.1) is 16.7 Å². The van der Waals surface area contributed by atoms with E-state index in [1.807, 2.05) is 34.6 Å². The molecular weight excluding hydrogens is 514 g/mol. The zero-order chi connectivity index (χ0) is 27.0. The van der Waals surface area contributed by atoms with Gasteiger partial charge in [0.15, 0.2) is 5.12 Å². The third-order valence-electron chi connectivity index (χ3n) is 10.8. The number of fused-ring (bicyclic) bond motifs is 2. The lowest BCUT2D eigenvalue weighted by Crippen LogP contribution is -2.54. The van der Waals surface area contributed by atoms with Gasteiger partial charge in [-0.3, -0.25) is 4.79 Å². The first kappa shape index (κ1) is 28.6. The molecule has 4 saturated carbocycles. The zero-order valence-corrected chi connectivity index (χ0v) is 24.9. The summed E-state index contributed by atoms with van der Waals surface area (Å²) in [5.41, 5.74) is 0.222. The molecule has 4 atom stereocenters. The number of carbonyl (C=O) groups excluding carboxylic acids is 1. The maximum Gasteiger partial charge on any atom is 0.215 e. The fourth-order valence-corrected chi connectivity index (χ4v) is 13.1. The van der Waals surface area contributed by atoms with Gasteiger partial charge in [-0.2, -0.15) is 4.31 Å². The minimum Gasteiger partial charge on any atom is -0.388 e. The minimum atomic E-state index is -3.50. The van der Waals surface area contributed by atoms with E-state index in [-0.39, 0.29) is 40.0 Å². The van der Waals surface area contributed by atoms with Crippen LogP contribution in [-0.2, 0) is 14.8 Å². The van der Waals surface area contributed by atoms with Crippen molar-refractivity contribution in [1.82, 2.24) is 4.31 Å². The van der Waals surface area contributed by atoms with Gasteiger partial charge in [-0.1, -0.05) is 94.5 Å². The van der Waals surface area contributed by atoms with Crippen LogP contribution in [0.2, 0.25) is 0 Å². The molecule has 1 aromatic rings. The number of aliphatic hydroxyl groups is 1. The topological polar surface area (TPSA) is 74.7 Å². The number of hydrogen-bond acceptors (Lipinski definition) is 5. The van der Waals surface area contributed by atoms with Crippen molar-refractivity contribution in [3.63, 3.8) is 0 Å². The van der Waals surface area contributed by atoms with Crippen LogP contribution in [0.25, 0.3) is 0 Å². The monoisotopic (exact) mass is 561 g/mol. The maximum absolute atomic E-state index is 14.5. The molecule has 38 heavy (non-hydrogen) atoms. The summed E-state index contributed by atoms with van der Waals surface area (Å²) in [6, 6.07) is 9.63. The molecule has 4 fully saturated rings. The van der Waals surface area contributed by atoms with Gasteiger partial charge in [0.2, 0.25) is 10.0 Å². The van der Waals surface area contributed by atoms with Gasteiger partial charge in [0.1, 0.15) is 0 Å². The lowest BCUT2D eigenvalue weighted by atomic mass is 9.70. The summed E-state index contributed by atoms with van der Waals surface area (Å²) in [7, 11) is -3.50. The molecule has 1 N–H and O–H groups in total. The van der Waals surface area contributed by atoms with Crippen LogP contribution in [0.5, 0.6) is 0 Å². The predicted octanol–water partition coefficient (Wildman–Crippen LogP) is 6.86. The predicted molar refractivity (Wildman–Crippen MR) is 155 cm³/mol. The third-order valence-corrected chi connectivity index (χ3v) is 14.3. The molecule has 4 aliphatic rings. The Bertz CT molecular complexity index is 1040. The molecule has 0 heterocycles. The highest BCUT2D eigenvalue weighted by atomic mass is 32.2. The number of sulfonamides is 1. The third kappa shape index (κ3) is 5.51. The van der Waals surface area contributed by atoms with Crippen molar-refractivity contribution in [3.8, 4) is 0 Å². The summed E-state index contributed by atoms with van der Waals surface area (Å²) in [4.78, 5) is 13.2. The van der Waals surface area contributed by atoms with Gasteiger partial charge < -0.3 is 5.11 Å². The normalized spacial score (nSPS) is 31.1. The van der Waals surface area contributed by atoms with Gasteiger partial charge in [0, 0.05) is 29.2 Å². The van der Waals surface area contributed by atoms with Crippen LogP contribution in [0.1, 0.15) is 115 Å². The molecule has 0 saturated heterocycles. The van der Waals surface area contributed by atoms with Gasteiger partial charge in [-0.15, -0.1) is 0 Å². The number of rotatable bonds is 9. The van der Waals surface area contributed by atoms with E-state index in [1.165, 1.54) is 24.6 Å². The lowest BCUT2D eigenvalue weighted by Gasteiger charge is -2.46. The molecule has 0 aliphatic heterocycles. The van der Waals surface area contributed by atoms with Crippen molar-refractivity contribution in [1.29, 1.82) is 0 Å². The Labute approximate surface area is 234 Å². The number of carbonyl (C=O) groups is 1. The molecule has 5 rings (SSSR count). The number of thioether (sulfide) groups is 1. The van der Waals surface area contributed by atoms with Crippen molar-refractivity contribution in [3.05, 3.63) is 35.9 Å². The van der Waals surface area contributed by atoms with E-state index >= 15 is 0 Å². The highest BCUT2D eigenvalue weighted by molar-refractivity contribution is 8.14. The van der Waals surface area contributed by atoms with E-state index < -0.39 is 21.5 Å². The van der Waals surface area contributed by atoms with Gasteiger partial charge in [0.05, 0.1) is 11.9 Å². The molecule has 5 nitrogen and oxygen atoms in total. The van der Waals surface area contributed by atoms with Gasteiger partial charge in [-0.25, -0.2) is 8.42 Å². The Balaban J connectivity index is 1.37. The Hall–Kier alpha value is -0.890. The smallest absolute Gasteiger partial charge is 0.215 e. The van der Waals surface area contributed by atoms with Crippen molar-refractivity contribution < 1.29 is 18.3 Å². The number of aliphatic hydroxyl groups excluding tert-OH is 1. The Morgan fingerprint density at radius 2 is 1.55 bits per heavy atom. The summed E-state index contributed by atoms with van der Waals surface area (Å²) in [6.45, 7) is 4.52. The summed E-state index contributed by atoms with van der Waals surface area (Å²) in [5.74, 6) is 0.614. The van der Waals surface area contributed by atoms with Crippen LogP contribution < -0.4 is 0 Å². The second-order valence-corrected chi connectivity index (χ2v) is 16.3. The van der Waals surface area contributed by atoms with E-state index in [0.29, 0.717) is 5.92 Å². The number of benzene rings is 1. The van der Waals surface area contributed by atoms with E-state index in [2.05, 4.69) is 13.8 Å². The number of hydrogen-bond donors (Lipinski definition) is 1. The Kier molecular flexibility index (Phi) is 8.69. The second kappa shape index (κ2) is 11.5. The minimum absolute atomic E-state index is 0.0129. The first-order valence-corrected chi connectivity index (χ1v) is 17.6. The van der Waals surface area contributed by atoms with E-state index in [0.717, 1.165) is 76.2 Å². The molecule has 0 spiro atoms. The van der Waals surface area contributed by atoms with Gasteiger partial charge >= 0.3 is 0 Å². The van der Waals surface area contributed by atoms with Crippen LogP contribution in [0.15, 0.2) is 30.3 Å². The molecule has 0 amide bonds. The molecule has 0 radical (unpaired) electrons. The first-order valence-electron chi connectivity index (χ1n) is 15.1. The highest BCUT2D eigenvalue weighted by Crippen LogP contribution is 2.69. The average Bonchev–Trinajstić information content (AvgIpc) is 3.25. The quantitative estimate of drug-likeness (QED) is 0.356. The fourth-order valence-electron chi connectivity index (χ4n) is 8.49. The second-order valence-electron chi connectivity index (χ2n) is 13.1. The van der Waals surface area contributed by atoms with Crippen molar-refractivity contribution >= 4 is 26.9 Å². The SMILES string of the molecule is CC1(C)C2CCC1(CS(=O)(=O)N(C1CCCCC1)C1CCCCC1)C(SC(=O)C[C@H](O)c1ccccc1)C2. The van der Waals surface area contributed by atoms with Gasteiger partial charge in [-0.05, 0) is 61.8 Å². The van der Waals surface area contributed by atoms with Crippen molar-refractivity contribution in [2.24, 2.45) is 16.7 Å². The summed E-state index contributed by atoms with van der Waals surface area (Å²) in [5, 5.41) is 10.6. The molecule has 3 unspecified atom stereocenters. The molecule has 0 aromatic heterocycles. The van der Waals surface area contributed by atoms with Crippen LogP contribution >= 0.6 is 11.8 Å². The molecule has 4 aliphatic carbocycles. The van der Waals surface area contributed by atoms with Gasteiger partial charge in [0.25, 0.3) is 0 Å². The summed E-state index contributed by atoms with van der Waals surface area (Å²) < 4.78 is 31.1. The van der Waals surface area contributed by atoms with Crippen LogP contribution in [0.3, 0.4) is 0 Å². The molecule has 212 valence electrons. The summed E-state index contributed by atoms with van der Waals surface area (Å²) >= 11 is 1.34. The molecular formula is C31H47NO4S2. The molecule has 7 heteroatoms. The standard InChI is InChI=1S/C31H47NO4S2/c1-30(2)24-18-19-31(30,28(20-24)37-29(34)21-27(33)23-12-6-3-7-13-23)22-38(35,36)32(25-14-8-4-9-15-25)26-16-10-5-11-17-26/h3,6-7,12-13,24-28,33H,4-5,8-11,14-22H2,1-2H3/t24?,27-,28?,31?/m0/s1. The van der Waals surface area contributed by atoms with E-state index in [9.17, 15) is 18.3 Å². The Morgan fingerprint density at radius 1 is 0.974 bits per heavy atom. The van der Waals surface area contributed by atoms with Crippen molar-refractivity contribution in [2.75, 3.05) is 5.75 Å².